The highest BCUT2D eigenvalue weighted by molar-refractivity contribution is 7.99. The van der Waals surface area contributed by atoms with Crippen LogP contribution in [0.5, 0.6) is 0 Å². The molecule has 2 atom stereocenters. The van der Waals surface area contributed by atoms with Crippen LogP contribution >= 0.6 is 11.8 Å². The number of hydrogen-bond donors (Lipinski definition) is 1. The lowest BCUT2D eigenvalue weighted by molar-refractivity contribution is 0.0331. The van der Waals surface area contributed by atoms with Crippen LogP contribution in [0.15, 0.2) is 30.3 Å². The summed E-state index contributed by atoms with van der Waals surface area (Å²) in [4.78, 5) is 2.55. The molecular weight excluding hydrogens is 280 g/mol. The molecule has 3 rings (SSSR count). The van der Waals surface area contributed by atoms with E-state index < -0.39 is 0 Å². The minimum absolute atomic E-state index is 0.550. The third-order valence-electron chi connectivity index (χ3n) is 4.31. The smallest absolute Gasteiger partial charge is 0.0594 e. The Morgan fingerprint density at radius 1 is 1.24 bits per heavy atom. The van der Waals surface area contributed by atoms with Gasteiger partial charge in [0.25, 0.3) is 0 Å². The van der Waals surface area contributed by atoms with Crippen molar-refractivity contribution < 1.29 is 4.74 Å². The number of hydrogen-bond acceptors (Lipinski definition) is 4. The molecule has 1 aromatic carbocycles. The largest absolute Gasteiger partial charge is 0.379 e. The zero-order valence-corrected chi connectivity index (χ0v) is 13.5. The molecule has 2 aliphatic heterocycles. The molecule has 0 aliphatic carbocycles. The van der Waals surface area contributed by atoms with Gasteiger partial charge in [0, 0.05) is 37.5 Å². The van der Waals surface area contributed by atoms with Gasteiger partial charge in [-0.2, -0.15) is 11.8 Å². The van der Waals surface area contributed by atoms with E-state index in [9.17, 15) is 0 Å². The Hall–Kier alpha value is -0.550. The molecule has 3 nitrogen and oxygen atoms in total. The molecule has 1 N–H and O–H groups in total. The van der Waals surface area contributed by atoms with Crippen molar-refractivity contribution in [3.63, 3.8) is 0 Å². The van der Waals surface area contributed by atoms with Gasteiger partial charge in [-0.1, -0.05) is 30.3 Å². The van der Waals surface area contributed by atoms with E-state index in [0.717, 1.165) is 39.3 Å². The quantitative estimate of drug-likeness (QED) is 0.869. The predicted octanol–water partition coefficient (Wildman–Crippen LogP) is 2.02. The Kier molecular flexibility index (Phi) is 5.98. The van der Waals surface area contributed by atoms with Gasteiger partial charge in [0.15, 0.2) is 0 Å². The van der Waals surface area contributed by atoms with E-state index in [2.05, 4.69) is 52.3 Å². The van der Waals surface area contributed by atoms with Crippen molar-refractivity contribution in [3.8, 4) is 0 Å². The second-order valence-corrected chi connectivity index (χ2v) is 7.18. The fraction of sp³-hybridized carbons (Fsp3) is 0.647. The Bertz CT molecular complexity index is 403. The van der Waals surface area contributed by atoms with Gasteiger partial charge < -0.3 is 10.1 Å². The molecule has 2 fully saturated rings. The summed E-state index contributed by atoms with van der Waals surface area (Å²) in [6.07, 6.45) is 2.44. The molecule has 0 radical (unpaired) electrons. The Balaban J connectivity index is 1.58. The van der Waals surface area contributed by atoms with Crippen LogP contribution in [-0.4, -0.2) is 61.3 Å². The number of ether oxygens (including phenoxy) is 1. The third kappa shape index (κ3) is 4.99. The Labute approximate surface area is 132 Å². The third-order valence-corrected chi connectivity index (χ3v) is 5.47. The number of thioether (sulfide) groups is 1. The van der Waals surface area contributed by atoms with E-state index in [4.69, 9.17) is 4.74 Å². The number of morpholine rings is 1. The first kappa shape index (κ1) is 15.3. The summed E-state index contributed by atoms with van der Waals surface area (Å²) in [5, 5.41) is 3.91. The summed E-state index contributed by atoms with van der Waals surface area (Å²) in [6.45, 7) is 5.06. The zero-order chi connectivity index (χ0) is 14.3. The van der Waals surface area contributed by atoms with Gasteiger partial charge in [-0.05, 0) is 24.2 Å². The minimum Gasteiger partial charge on any atom is -0.379 e. The lowest BCUT2D eigenvalue weighted by Gasteiger charge is -2.32. The van der Waals surface area contributed by atoms with Gasteiger partial charge in [0.05, 0.1) is 13.2 Å². The molecular formula is C17H26N2OS. The van der Waals surface area contributed by atoms with Crippen LogP contribution in [-0.2, 0) is 11.2 Å². The highest BCUT2D eigenvalue weighted by Crippen LogP contribution is 2.18. The molecule has 0 amide bonds. The maximum Gasteiger partial charge on any atom is 0.0594 e. The lowest BCUT2D eigenvalue weighted by Crippen LogP contribution is -2.49. The molecule has 0 unspecified atom stereocenters. The number of benzene rings is 1. The van der Waals surface area contributed by atoms with Crippen LogP contribution in [0.25, 0.3) is 0 Å². The number of nitrogens with one attached hydrogen (secondary N) is 1. The molecule has 2 heterocycles. The first-order chi connectivity index (χ1) is 10.4. The van der Waals surface area contributed by atoms with Crippen molar-refractivity contribution in [2.24, 2.45) is 0 Å². The second-order valence-electron chi connectivity index (χ2n) is 6.03. The number of nitrogens with zero attached hydrogens (tertiary/aromatic N) is 1. The standard InChI is InChI=1S/C17H26N2OS/c1-2-4-15(5-3-1)12-17(18-16-6-11-21-14-16)13-19-7-9-20-10-8-19/h1-5,16-18H,6-14H2/t16-,17+/m1/s1. The van der Waals surface area contributed by atoms with E-state index in [1.54, 1.807) is 0 Å². The van der Waals surface area contributed by atoms with Crippen molar-refractivity contribution in [2.45, 2.75) is 24.9 Å². The lowest BCUT2D eigenvalue weighted by atomic mass is 10.0. The van der Waals surface area contributed by atoms with Crippen LogP contribution < -0.4 is 5.32 Å². The van der Waals surface area contributed by atoms with E-state index in [0.29, 0.717) is 12.1 Å². The highest BCUT2D eigenvalue weighted by Gasteiger charge is 2.22. The first-order valence-corrected chi connectivity index (χ1v) is 9.23. The van der Waals surface area contributed by atoms with Gasteiger partial charge in [0.2, 0.25) is 0 Å². The summed E-state index contributed by atoms with van der Waals surface area (Å²) >= 11 is 2.08. The maximum absolute atomic E-state index is 5.47. The van der Waals surface area contributed by atoms with Crippen LogP contribution in [0.4, 0.5) is 0 Å². The molecule has 0 saturated carbocycles. The molecule has 1 aromatic rings. The van der Waals surface area contributed by atoms with Crippen molar-refractivity contribution in [1.29, 1.82) is 0 Å². The van der Waals surface area contributed by atoms with Gasteiger partial charge in [-0.25, -0.2) is 0 Å². The van der Waals surface area contributed by atoms with Gasteiger partial charge in [-0.15, -0.1) is 0 Å². The number of rotatable bonds is 6. The fourth-order valence-electron chi connectivity index (χ4n) is 3.17. The molecule has 2 saturated heterocycles. The molecule has 0 spiro atoms. The van der Waals surface area contributed by atoms with Crippen LogP contribution in [0.3, 0.4) is 0 Å². The summed E-state index contributed by atoms with van der Waals surface area (Å²) < 4.78 is 5.47. The molecule has 0 aromatic heterocycles. The summed E-state index contributed by atoms with van der Waals surface area (Å²) in [7, 11) is 0. The van der Waals surface area contributed by atoms with Gasteiger partial charge in [0.1, 0.15) is 0 Å². The average Bonchev–Trinajstić information content (AvgIpc) is 3.02. The minimum atomic E-state index is 0.550. The molecule has 0 bridgehead atoms. The van der Waals surface area contributed by atoms with Crippen LogP contribution in [0.1, 0.15) is 12.0 Å². The summed E-state index contributed by atoms with van der Waals surface area (Å²) in [5.74, 6) is 2.58. The Morgan fingerprint density at radius 3 is 2.76 bits per heavy atom. The maximum atomic E-state index is 5.47. The fourth-order valence-corrected chi connectivity index (χ4v) is 4.33. The van der Waals surface area contributed by atoms with Crippen LogP contribution in [0, 0.1) is 0 Å². The molecule has 2 aliphatic rings. The predicted molar refractivity (Wildman–Crippen MR) is 90.1 cm³/mol. The van der Waals surface area contributed by atoms with E-state index in [-0.39, 0.29) is 0 Å². The Morgan fingerprint density at radius 2 is 2.05 bits per heavy atom. The molecule has 4 heteroatoms. The van der Waals surface area contributed by atoms with Gasteiger partial charge in [-0.3, -0.25) is 4.90 Å². The normalized spacial score (nSPS) is 25.0. The zero-order valence-electron chi connectivity index (χ0n) is 12.7. The summed E-state index contributed by atoms with van der Waals surface area (Å²) in [6, 6.07) is 12.1. The van der Waals surface area contributed by atoms with Crippen molar-refractivity contribution in [2.75, 3.05) is 44.4 Å². The van der Waals surface area contributed by atoms with Crippen molar-refractivity contribution in [1.82, 2.24) is 10.2 Å². The van der Waals surface area contributed by atoms with E-state index in [1.165, 1.54) is 23.5 Å². The van der Waals surface area contributed by atoms with E-state index >= 15 is 0 Å². The van der Waals surface area contributed by atoms with Gasteiger partial charge >= 0.3 is 0 Å². The SMILES string of the molecule is c1ccc(C[C@@H](CN2CCOCC2)N[C@@H]2CCSC2)cc1. The monoisotopic (exact) mass is 306 g/mol. The second kappa shape index (κ2) is 8.18. The van der Waals surface area contributed by atoms with Crippen molar-refractivity contribution >= 4 is 11.8 Å². The van der Waals surface area contributed by atoms with E-state index in [1.807, 2.05) is 0 Å². The van der Waals surface area contributed by atoms with Crippen molar-refractivity contribution in [3.05, 3.63) is 35.9 Å². The van der Waals surface area contributed by atoms with Crippen LogP contribution in [0.2, 0.25) is 0 Å². The first-order valence-electron chi connectivity index (χ1n) is 8.08. The molecule has 116 valence electrons. The molecule has 21 heavy (non-hydrogen) atoms. The summed E-state index contributed by atoms with van der Waals surface area (Å²) in [5.41, 5.74) is 1.44. The highest BCUT2D eigenvalue weighted by atomic mass is 32.2. The average molecular weight is 306 g/mol. The topological polar surface area (TPSA) is 24.5 Å².